The van der Waals surface area contributed by atoms with Crippen LogP contribution in [0, 0.1) is 0 Å². The quantitative estimate of drug-likeness (QED) is 0.606. The minimum absolute atomic E-state index is 1.39. The third-order valence-corrected chi connectivity index (χ3v) is 131. The van der Waals surface area contributed by atoms with Crippen LogP contribution in [-0.2, 0) is 6.96 Å². The van der Waals surface area contributed by atoms with Gasteiger partial charge in [0.25, 0.3) is 0 Å². The van der Waals surface area contributed by atoms with Crippen molar-refractivity contribution in [2.75, 3.05) is 0 Å². The van der Waals surface area contributed by atoms with Gasteiger partial charge in [0.1, 0.15) is 13.7 Å². The Kier molecular flexibility index (Phi) is 5.84. The van der Waals surface area contributed by atoms with Gasteiger partial charge in [-0.25, -0.2) is 0 Å². The molecule has 0 bridgehead atoms. The van der Waals surface area contributed by atoms with Crippen molar-refractivity contribution in [2.24, 2.45) is 0 Å². The van der Waals surface area contributed by atoms with Gasteiger partial charge in [0.2, 0.25) is 0 Å². The van der Waals surface area contributed by atoms with Gasteiger partial charge in [0, 0.05) is 0 Å². The Morgan fingerprint density at radius 3 is 0.818 bits per heavy atom. The topological polar surface area (TPSA) is 18.5 Å². The molecule has 0 aliphatic carbocycles. The standard InChI is InChI=1S/C12H36O2Si6.CH3.Al/c1-15(2,3)19(13,16(4,5)6)20(14,17(7,8)9)18(10,11)12;;/h1-12H3;1H3;/q-2;;+2. The molecule has 0 radical (unpaired) electrons. The van der Waals surface area contributed by atoms with Crippen LogP contribution in [0.15, 0.2) is 0 Å². The fourth-order valence-corrected chi connectivity index (χ4v) is 243. The zero-order valence-electron chi connectivity index (χ0n) is 17.4. The summed E-state index contributed by atoms with van der Waals surface area (Å²) in [7, 11) is -5.55. The van der Waals surface area contributed by atoms with Gasteiger partial charge in [0.05, 0.1) is 30.4 Å². The smallest absolute Gasteiger partial charge is 0.528 e. The lowest BCUT2D eigenvalue weighted by atomic mass is 11.8. The van der Waals surface area contributed by atoms with Crippen LogP contribution in [0.3, 0.4) is 0 Å². The molecule has 0 aromatic rings. The summed E-state index contributed by atoms with van der Waals surface area (Å²) in [6, 6.07) is 0. The normalized spacial score (nSPS) is 23.0. The maximum Gasteiger partial charge on any atom is 0.648 e. The highest BCUT2D eigenvalue weighted by Crippen LogP contribution is 2.50. The SMILES string of the molecule is [CH3][Al]1[O][Si]([Si](C)(C)C)([Si](C)(C)C)[Si]([Si](C)(C)C)([Si](C)(C)C)[O]1. The third-order valence-electron chi connectivity index (χ3n) is 5.41. The summed E-state index contributed by atoms with van der Waals surface area (Å²) in [6.07, 6.45) is 0. The molecule has 0 unspecified atom stereocenters. The Morgan fingerprint density at radius 2 is 0.682 bits per heavy atom. The van der Waals surface area contributed by atoms with E-state index >= 15 is 0 Å². The van der Waals surface area contributed by atoms with Crippen molar-refractivity contribution in [1.82, 2.24) is 0 Å². The van der Waals surface area contributed by atoms with E-state index in [4.69, 9.17) is 6.96 Å². The van der Waals surface area contributed by atoms with Crippen molar-refractivity contribution in [3.8, 4) is 0 Å². The number of hydrogen-bond acceptors (Lipinski definition) is 2. The molecule has 1 aliphatic heterocycles. The zero-order chi connectivity index (χ0) is 18.0. The second-order valence-corrected chi connectivity index (χ2v) is 74.6. The summed E-state index contributed by atoms with van der Waals surface area (Å²) in [5, 5.41) is 0. The maximum absolute atomic E-state index is 7.26. The number of rotatable bonds is 4. The first-order chi connectivity index (χ1) is 9.35. The molecule has 1 fully saturated rings. The van der Waals surface area contributed by atoms with Gasteiger partial charge in [-0.1, -0.05) is 84.3 Å². The van der Waals surface area contributed by atoms with E-state index in [0.717, 1.165) is 0 Å². The molecule has 9 heteroatoms. The highest BCUT2D eigenvalue weighted by atomic mass is 30.2. The summed E-state index contributed by atoms with van der Waals surface area (Å²) in [5.74, 6) is 2.34. The van der Waals surface area contributed by atoms with Crippen LogP contribution in [0.2, 0.25) is 84.3 Å². The minimum Gasteiger partial charge on any atom is -0.528 e. The van der Waals surface area contributed by atoms with E-state index in [1.54, 1.807) is 0 Å². The summed E-state index contributed by atoms with van der Waals surface area (Å²) in [6.45, 7) is 28.1. The molecule has 0 saturated carbocycles. The van der Waals surface area contributed by atoms with Gasteiger partial charge in [0.15, 0.2) is 0 Å². The van der Waals surface area contributed by atoms with Crippen LogP contribution in [-0.4, -0.2) is 58.9 Å². The van der Waals surface area contributed by atoms with Crippen LogP contribution in [0.4, 0.5) is 0 Å². The minimum atomic E-state index is -1.77. The molecule has 0 atom stereocenters. The van der Waals surface area contributed by atoms with Crippen LogP contribution in [0.5, 0.6) is 0 Å². The zero-order valence-corrected chi connectivity index (χ0v) is 24.5. The lowest BCUT2D eigenvalue weighted by molar-refractivity contribution is 0.496. The molecule has 0 aromatic carbocycles. The molecule has 0 spiro atoms. The lowest BCUT2D eigenvalue weighted by Gasteiger charge is -2.63. The van der Waals surface area contributed by atoms with Gasteiger partial charge in [-0.2, -0.15) is 0 Å². The summed E-state index contributed by atoms with van der Waals surface area (Å²) in [5.41, 5.74) is 0. The van der Waals surface area contributed by atoms with Gasteiger partial charge >= 0.3 is 14.8 Å². The summed E-state index contributed by atoms with van der Waals surface area (Å²) >= 11 is -1.44. The van der Waals surface area contributed by atoms with Crippen molar-refractivity contribution in [1.29, 1.82) is 0 Å². The van der Waals surface area contributed by atoms with Crippen molar-refractivity contribution in [3.63, 3.8) is 0 Å². The second-order valence-electron chi connectivity index (χ2n) is 11.2. The highest BCUT2D eigenvalue weighted by molar-refractivity contribution is 8.07. The van der Waals surface area contributed by atoms with Crippen molar-refractivity contribution < 1.29 is 6.96 Å². The van der Waals surface area contributed by atoms with E-state index in [1.807, 2.05) is 0 Å². The highest BCUT2D eigenvalue weighted by Gasteiger charge is 2.80. The molecule has 1 saturated heterocycles. The van der Waals surface area contributed by atoms with Crippen LogP contribution in [0.1, 0.15) is 0 Å². The van der Waals surface area contributed by atoms with Crippen molar-refractivity contribution in [2.45, 2.75) is 84.3 Å². The molecule has 0 N–H and O–H groups in total. The summed E-state index contributed by atoms with van der Waals surface area (Å²) < 4.78 is 14.5. The van der Waals surface area contributed by atoms with Crippen LogP contribution >= 0.6 is 0 Å². The van der Waals surface area contributed by atoms with Crippen LogP contribution < -0.4 is 0 Å². The first-order valence-corrected chi connectivity index (χ1v) is 33.6. The third kappa shape index (κ3) is 2.91. The maximum atomic E-state index is 7.26. The van der Waals surface area contributed by atoms with E-state index in [9.17, 15) is 0 Å². The Balaban J connectivity index is 3.95. The molecular formula is C13H39AlO2Si6. The Bertz CT molecular complexity index is 362. The van der Waals surface area contributed by atoms with E-state index in [2.05, 4.69) is 84.3 Å². The predicted octanol–water partition coefficient (Wildman–Crippen LogP) is 4.79. The largest absolute Gasteiger partial charge is 0.648 e. The average molecular weight is 423 g/mol. The predicted molar refractivity (Wildman–Crippen MR) is 119 cm³/mol. The molecule has 130 valence electrons. The van der Waals surface area contributed by atoms with E-state index < -0.39 is 58.9 Å². The fourth-order valence-electron chi connectivity index (χ4n) is 5.76. The van der Waals surface area contributed by atoms with Gasteiger partial charge < -0.3 is 6.96 Å². The Morgan fingerprint density at radius 1 is 0.500 bits per heavy atom. The van der Waals surface area contributed by atoms with Crippen molar-refractivity contribution in [3.05, 3.63) is 0 Å². The first-order valence-electron chi connectivity index (χ1n) is 8.71. The van der Waals surface area contributed by atoms with Crippen LogP contribution in [0.25, 0.3) is 0 Å². The second kappa shape index (κ2) is 5.89. The molecule has 2 nitrogen and oxygen atoms in total. The Hall–Kier alpha value is 1.75. The molecule has 0 aromatic heterocycles. The lowest BCUT2D eigenvalue weighted by Crippen LogP contribution is -2.95. The fraction of sp³-hybridized carbons (Fsp3) is 1.00. The molecule has 0 amide bonds. The molecule has 22 heavy (non-hydrogen) atoms. The Labute approximate surface area is 149 Å². The average Bonchev–Trinajstić information content (AvgIpc) is 2.49. The van der Waals surface area contributed by atoms with Gasteiger partial charge in [-0.3, -0.25) is 0 Å². The molecule has 1 rings (SSSR count). The van der Waals surface area contributed by atoms with Gasteiger partial charge in [-0.15, -0.1) is 0 Å². The monoisotopic (exact) mass is 422 g/mol. The molecular weight excluding hydrogens is 384 g/mol. The molecule has 1 aliphatic rings. The first kappa shape index (κ1) is 21.8. The van der Waals surface area contributed by atoms with Crippen molar-refractivity contribution >= 4 is 58.9 Å². The van der Waals surface area contributed by atoms with E-state index in [-0.39, 0.29) is 0 Å². The van der Waals surface area contributed by atoms with E-state index in [1.165, 1.54) is 0 Å². The molecule has 1 heterocycles. The van der Waals surface area contributed by atoms with Gasteiger partial charge in [-0.05, 0) is 0 Å². The van der Waals surface area contributed by atoms with E-state index in [0.29, 0.717) is 0 Å². The summed E-state index contributed by atoms with van der Waals surface area (Å²) in [4.78, 5) is 0. The number of hydrogen-bond donors (Lipinski definition) is 0.